The lowest BCUT2D eigenvalue weighted by molar-refractivity contribution is 0.290. The van der Waals surface area contributed by atoms with Crippen LogP contribution >= 0.6 is 0 Å². The van der Waals surface area contributed by atoms with E-state index in [0.717, 1.165) is 44.4 Å². The maximum absolute atomic E-state index is 6.36. The van der Waals surface area contributed by atoms with E-state index in [4.69, 9.17) is 19.5 Å². The van der Waals surface area contributed by atoms with Crippen molar-refractivity contribution in [1.29, 1.82) is 0 Å². The fourth-order valence-corrected chi connectivity index (χ4v) is 5.28. The molecule has 0 aliphatic rings. The second-order valence-corrected chi connectivity index (χ2v) is 11.0. The Kier molecular flexibility index (Phi) is 8.59. The second-order valence-electron chi connectivity index (χ2n) is 11.0. The third-order valence-corrected chi connectivity index (χ3v) is 7.74. The molecule has 0 heterocycles. The van der Waals surface area contributed by atoms with Gasteiger partial charge >= 0.3 is 0 Å². The normalized spacial score (nSPS) is 11.9. The summed E-state index contributed by atoms with van der Waals surface area (Å²) in [4.78, 5) is 9.72. The molecule has 4 nitrogen and oxygen atoms in total. The number of nitrogens with zero attached hydrogens (tertiary/aromatic N) is 2. The maximum atomic E-state index is 6.36. The van der Waals surface area contributed by atoms with Gasteiger partial charge in [0.15, 0.2) is 0 Å². The minimum Gasteiger partial charge on any atom is -0.472 e. The van der Waals surface area contributed by atoms with Gasteiger partial charge in [-0.25, -0.2) is 9.98 Å². The van der Waals surface area contributed by atoms with Crippen LogP contribution in [0.4, 0.5) is 11.4 Å². The smallest absolute Gasteiger partial charge is 0.221 e. The Labute approximate surface area is 269 Å². The monoisotopic (exact) mass is 596 g/mol. The van der Waals surface area contributed by atoms with Crippen molar-refractivity contribution in [2.45, 2.75) is 13.2 Å². The highest BCUT2D eigenvalue weighted by Crippen LogP contribution is 2.22. The van der Waals surface area contributed by atoms with E-state index in [-0.39, 0.29) is 0 Å². The van der Waals surface area contributed by atoms with Crippen LogP contribution in [0.25, 0.3) is 21.5 Å². The maximum Gasteiger partial charge on any atom is 0.221 e. The fourth-order valence-electron chi connectivity index (χ4n) is 5.28. The molecule has 0 fully saturated rings. The van der Waals surface area contributed by atoms with Gasteiger partial charge in [0.1, 0.15) is 13.2 Å². The lowest BCUT2D eigenvalue weighted by Gasteiger charge is -2.13. The van der Waals surface area contributed by atoms with Crippen LogP contribution in [-0.4, -0.2) is 11.8 Å². The van der Waals surface area contributed by atoms with Crippen LogP contribution in [0.1, 0.15) is 22.3 Å². The Balaban J connectivity index is 1.08. The lowest BCUT2D eigenvalue weighted by Crippen LogP contribution is -2.08. The molecule has 7 rings (SSSR count). The molecule has 7 aromatic carbocycles. The number of ether oxygens (including phenoxy) is 2. The predicted molar refractivity (Wildman–Crippen MR) is 189 cm³/mol. The molecule has 4 heteroatoms. The van der Waals surface area contributed by atoms with Gasteiger partial charge in [-0.05, 0) is 81.2 Å². The first-order valence-electron chi connectivity index (χ1n) is 15.4. The highest BCUT2D eigenvalue weighted by Gasteiger charge is 2.10. The van der Waals surface area contributed by atoms with Crippen LogP contribution in [0.5, 0.6) is 0 Å². The molecule has 0 aliphatic carbocycles. The third kappa shape index (κ3) is 7.03. The molecule has 0 N–H and O–H groups in total. The molecular formula is C42H32N2O2. The number of aliphatic imine (C=N–C) groups is 2. The standard InChI is InChI=1S/C42H32N2O2/c1-3-15-39(16-4-1)43-41(37-25-23-33-11-7-9-13-35(33)27-37)45-29-31-19-21-32(22-20-31)30-46-42(44-40-17-5-2-6-18-40)38-26-24-34-12-8-10-14-36(34)28-38/h1-28H,29-30H2. The van der Waals surface area contributed by atoms with Crippen molar-refractivity contribution in [3.05, 3.63) is 192 Å². The van der Waals surface area contributed by atoms with Crippen molar-refractivity contribution < 1.29 is 9.47 Å². The van der Waals surface area contributed by atoms with Crippen molar-refractivity contribution >= 4 is 44.7 Å². The molecule has 7 aromatic rings. The number of hydrogen-bond donors (Lipinski definition) is 0. The zero-order chi connectivity index (χ0) is 31.0. The Bertz CT molecular complexity index is 1980. The Morgan fingerprint density at radius 2 is 0.739 bits per heavy atom. The Morgan fingerprint density at radius 3 is 1.15 bits per heavy atom. The van der Waals surface area contributed by atoms with Crippen molar-refractivity contribution in [3.63, 3.8) is 0 Å². The Hall–Kier alpha value is -6.00. The van der Waals surface area contributed by atoms with Gasteiger partial charge < -0.3 is 9.47 Å². The second kappa shape index (κ2) is 13.7. The van der Waals surface area contributed by atoms with Crippen molar-refractivity contribution in [1.82, 2.24) is 0 Å². The zero-order valence-electron chi connectivity index (χ0n) is 25.3. The molecule has 0 atom stereocenters. The molecule has 0 aromatic heterocycles. The van der Waals surface area contributed by atoms with Crippen LogP contribution in [0.15, 0.2) is 180 Å². The molecule has 0 bridgehead atoms. The fraction of sp³-hybridized carbons (Fsp3) is 0.0476. The van der Waals surface area contributed by atoms with E-state index < -0.39 is 0 Å². The van der Waals surface area contributed by atoms with Gasteiger partial charge in [0.05, 0.1) is 11.4 Å². The first-order chi connectivity index (χ1) is 22.8. The summed E-state index contributed by atoms with van der Waals surface area (Å²) < 4.78 is 12.7. The first kappa shape index (κ1) is 28.8. The summed E-state index contributed by atoms with van der Waals surface area (Å²) in [7, 11) is 0. The summed E-state index contributed by atoms with van der Waals surface area (Å²) in [6.45, 7) is 0.773. The summed E-state index contributed by atoms with van der Waals surface area (Å²) >= 11 is 0. The molecular weight excluding hydrogens is 564 g/mol. The van der Waals surface area contributed by atoms with Crippen LogP contribution in [0.2, 0.25) is 0 Å². The average molecular weight is 597 g/mol. The minimum atomic E-state index is 0.386. The van der Waals surface area contributed by atoms with Crippen LogP contribution < -0.4 is 0 Å². The molecule has 0 saturated heterocycles. The molecule has 46 heavy (non-hydrogen) atoms. The molecule has 0 aliphatic heterocycles. The van der Waals surface area contributed by atoms with E-state index in [1.54, 1.807) is 0 Å². The van der Waals surface area contributed by atoms with Gasteiger partial charge in [-0.15, -0.1) is 0 Å². The van der Waals surface area contributed by atoms with E-state index in [0.29, 0.717) is 25.0 Å². The molecule has 0 radical (unpaired) electrons. The van der Waals surface area contributed by atoms with E-state index in [9.17, 15) is 0 Å². The van der Waals surface area contributed by atoms with Crippen molar-refractivity contribution in [2.24, 2.45) is 9.98 Å². The largest absolute Gasteiger partial charge is 0.472 e. The summed E-state index contributed by atoms with van der Waals surface area (Å²) in [6.07, 6.45) is 0. The van der Waals surface area contributed by atoms with Gasteiger partial charge in [-0.3, -0.25) is 0 Å². The zero-order valence-corrected chi connectivity index (χ0v) is 25.3. The highest BCUT2D eigenvalue weighted by atomic mass is 16.5. The van der Waals surface area contributed by atoms with E-state index in [1.807, 2.05) is 84.9 Å². The van der Waals surface area contributed by atoms with Gasteiger partial charge in [-0.2, -0.15) is 0 Å². The van der Waals surface area contributed by atoms with Crippen LogP contribution in [-0.2, 0) is 22.7 Å². The number of para-hydroxylation sites is 2. The first-order valence-corrected chi connectivity index (χ1v) is 15.4. The molecule has 0 amide bonds. The van der Waals surface area contributed by atoms with E-state index >= 15 is 0 Å². The molecule has 0 saturated carbocycles. The predicted octanol–water partition coefficient (Wildman–Crippen LogP) is 10.6. The summed E-state index contributed by atoms with van der Waals surface area (Å²) in [5.41, 5.74) is 5.64. The Morgan fingerprint density at radius 1 is 0.370 bits per heavy atom. The third-order valence-electron chi connectivity index (χ3n) is 7.74. The number of rotatable bonds is 8. The minimum absolute atomic E-state index is 0.386. The average Bonchev–Trinajstić information content (AvgIpc) is 3.12. The SMILES string of the molecule is c1ccc(N=C(OCc2ccc(COC(=Nc3ccccc3)c3ccc4ccccc4c3)cc2)c2ccc3ccccc3c2)cc1. The lowest BCUT2D eigenvalue weighted by atomic mass is 10.1. The van der Waals surface area contributed by atoms with Crippen molar-refractivity contribution in [3.8, 4) is 0 Å². The van der Waals surface area contributed by atoms with Crippen LogP contribution in [0.3, 0.4) is 0 Å². The highest BCUT2D eigenvalue weighted by molar-refractivity contribution is 6.00. The van der Waals surface area contributed by atoms with Gasteiger partial charge in [0.25, 0.3) is 0 Å². The van der Waals surface area contributed by atoms with Gasteiger partial charge in [-0.1, -0.05) is 121 Å². The molecule has 0 spiro atoms. The van der Waals surface area contributed by atoms with Crippen LogP contribution in [0, 0.1) is 0 Å². The van der Waals surface area contributed by atoms with Gasteiger partial charge in [0.2, 0.25) is 11.8 Å². The number of fused-ring (bicyclic) bond motifs is 2. The van der Waals surface area contributed by atoms with E-state index in [2.05, 4.69) is 84.9 Å². The number of benzene rings is 7. The quantitative estimate of drug-likeness (QED) is 0.129. The van der Waals surface area contributed by atoms with Crippen molar-refractivity contribution in [2.75, 3.05) is 0 Å². The molecule has 0 unspecified atom stereocenters. The summed E-state index contributed by atoms with van der Waals surface area (Å²) in [5, 5.41) is 4.65. The van der Waals surface area contributed by atoms with Gasteiger partial charge in [0, 0.05) is 11.1 Å². The van der Waals surface area contributed by atoms with E-state index in [1.165, 1.54) is 10.8 Å². The molecule has 222 valence electrons. The topological polar surface area (TPSA) is 43.2 Å². The summed E-state index contributed by atoms with van der Waals surface area (Å²) in [5.74, 6) is 1.17. The summed E-state index contributed by atoms with van der Waals surface area (Å²) in [6, 6.07) is 57.3. The number of hydrogen-bond acceptors (Lipinski definition) is 4.